The summed E-state index contributed by atoms with van der Waals surface area (Å²) in [4.78, 5) is 9.92. The Bertz CT molecular complexity index is 588. The molecule has 6 heteroatoms. The van der Waals surface area contributed by atoms with Gasteiger partial charge in [-0.05, 0) is 19.1 Å². The van der Waals surface area contributed by atoms with Crippen molar-refractivity contribution in [3.8, 4) is 22.4 Å². The maximum absolute atomic E-state index is 8.85. The molecule has 2 rings (SSSR count). The van der Waals surface area contributed by atoms with Crippen LogP contribution in [0.1, 0.15) is 11.8 Å². The van der Waals surface area contributed by atoms with Crippen molar-refractivity contribution < 1.29 is 4.74 Å². The second-order valence-electron chi connectivity index (χ2n) is 3.41. The van der Waals surface area contributed by atoms with E-state index >= 15 is 0 Å². The van der Waals surface area contributed by atoms with Crippen LogP contribution in [0.3, 0.4) is 0 Å². The number of ether oxygens (including phenoxy) is 1. The van der Waals surface area contributed by atoms with Gasteiger partial charge >= 0.3 is 0 Å². The van der Waals surface area contributed by atoms with E-state index in [-0.39, 0.29) is 0 Å². The highest BCUT2D eigenvalue weighted by molar-refractivity contribution is 7.16. The Balaban J connectivity index is 2.50. The molecule has 92 valence electrons. The molecule has 18 heavy (non-hydrogen) atoms. The van der Waals surface area contributed by atoms with Gasteiger partial charge in [0.2, 0.25) is 0 Å². The van der Waals surface area contributed by atoms with Gasteiger partial charge in [-0.3, -0.25) is 0 Å². The first-order valence-electron chi connectivity index (χ1n) is 5.43. The van der Waals surface area contributed by atoms with Gasteiger partial charge in [-0.2, -0.15) is 5.26 Å². The molecule has 5 nitrogen and oxygen atoms in total. The molecule has 0 aromatic carbocycles. The van der Waals surface area contributed by atoms with Gasteiger partial charge in [0.25, 0.3) is 0 Å². The van der Waals surface area contributed by atoms with Gasteiger partial charge in [-0.1, -0.05) is 0 Å². The van der Waals surface area contributed by atoms with Gasteiger partial charge in [0.05, 0.1) is 12.0 Å². The summed E-state index contributed by atoms with van der Waals surface area (Å²) < 4.78 is 5.36. The molecular weight excluding hydrogens is 248 g/mol. The SMILES string of the molecule is CCNc1ncnc(-c2ccc(C#N)s2)c1OC. The van der Waals surface area contributed by atoms with Crippen LogP contribution >= 0.6 is 11.3 Å². The van der Waals surface area contributed by atoms with Gasteiger partial charge in [0, 0.05) is 6.54 Å². The Kier molecular flexibility index (Phi) is 3.75. The summed E-state index contributed by atoms with van der Waals surface area (Å²) in [5.74, 6) is 1.27. The molecule has 0 spiro atoms. The number of rotatable bonds is 4. The molecule has 0 saturated carbocycles. The summed E-state index contributed by atoms with van der Waals surface area (Å²) in [6, 6.07) is 5.75. The molecule has 0 aliphatic carbocycles. The van der Waals surface area contributed by atoms with E-state index in [9.17, 15) is 0 Å². The molecular formula is C12H12N4OS. The minimum atomic E-state index is 0.602. The van der Waals surface area contributed by atoms with Gasteiger partial charge in [-0.25, -0.2) is 9.97 Å². The Morgan fingerprint density at radius 3 is 2.89 bits per heavy atom. The standard InChI is InChI=1S/C12H12N4OS/c1-3-14-12-11(17-2)10(15-7-16-12)9-5-4-8(6-13)18-9/h4-5,7H,3H2,1-2H3,(H,14,15,16). The summed E-state index contributed by atoms with van der Waals surface area (Å²) in [6.45, 7) is 2.74. The molecule has 2 aromatic heterocycles. The van der Waals surface area contributed by atoms with Crippen LogP contribution in [0.5, 0.6) is 5.75 Å². The van der Waals surface area contributed by atoms with E-state index in [0.717, 1.165) is 11.4 Å². The lowest BCUT2D eigenvalue weighted by molar-refractivity contribution is 0.415. The highest BCUT2D eigenvalue weighted by atomic mass is 32.1. The smallest absolute Gasteiger partial charge is 0.188 e. The van der Waals surface area contributed by atoms with Crippen molar-refractivity contribution in [2.75, 3.05) is 19.0 Å². The van der Waals surface area contributed by atoms with Crippen molar-refractivity contribution in [2.24, 2.45) is 0 Å². The van der Waals surface area contributed by atoms with Crippen molar-refractivity contribution in [1.29, 1.82) is 5.26 Å². The Morgan fingerprint density at radius 1 is 1.44 bits per heavy atom. The first-order chi connectivity index (χ1) is 8.80. The number of hydrogen-bond donors (Lipinski definition) is 1. The largest absolute Gasteiger partial charge is 0.491 e. The quantitative estimate of drug-likeness (QED) is 0.914. The van der Waals surface area contributed by atoms with Gasteiger partial charge in [0.15, 0.2) is 11.6 Å². The Morgan fingerprint density at radius 2 is 2.28 bits per heavy atom. The van der Waals surface area contributed by atoms with Crippen molar-refractivity contribution in [2.45, 2.75) is 6.92 Å². The predicted molar refractivity (Wildman–Crippen MR) is 70.8 cm³/mol. The number of thiophene rings is 1. The van der Waals surface area contributed by atoms with Crippen LogP contribution in [0.25, 0.3) is 10.6 Å². The molecule has 0 aliphatic heterocycles. The molecule has 2 heterocycles. The van der Waals surface area contributed by atoms with Crippen LogP contribution in [-0.4, -0.2) is 23.6 Å². The normalized spacial score (nSPS) is 9.83. The van der Waals surface area contributed by atoms with Crippen LogP contribution < -0.4 is 10.1 Å². The molecule has 0 bridgehead atoms. The highest BCUT2D eigenvalue weighted by Crippen LogP contribution is 2.36. The zero-order chi connectivity index (χ0) is 13.0. The van der Waals surface area contributed by atoms with E-state index in [2.05, 4.69) is 21.4 Å². The molecule has 0 atom stereocenters. The minimum absolute atomic E-state index is 0.602. The molecule has 0 aliphatic rings. The maximum atomic E-state index is 8.85. The van der Waals surface area contributed by atoms with E-state index in [1.807, 2.05) is 13.0 Å². The lowest BCUT2D eigenvalue weighted by atomic mass is 10.3. The fraction of sp³-hybridized carbons (Fsp3) is 0.250. The molecule has 0 saturated heterocycles. The number of aromatic nitrogens is 2. The molecule has 0 fully saturated rings. The average Bonchev–Trinajstić information content (AvgIpc) is 2.87. The van der Waals surface area contributed by atoms with E-state index < -0.39 is 0 Å². The number of methoxy groups -OCH3 is 1. The van der Waals surface area contributed by atoms with Crippen LogP contribution in [0.15, 0.2) is 18.5 Å². The van der Waals surface area contributed by atoms with Crippen LogP contribution in [0.4, 0.5) is 5.82 Å². The third kappa shape index (κ3) is 2.26. The number of nitrogens with zero attached hydrogens (tertiary/aromatic N) is 3. The van der Waals surface area contributed by atoms with E-state index in [1.165, 1.54) is 17.7 Å². The van der Waals surface area contributed by atoms with E-state index in [1.54, 1.807) is 13.2 Å². The summed E-state index contributed by atoms with van der Waals surface area (Å²) in [5, 5.41) is 12.0. The average molecular weight is 260 g/mol. The minimum Gasteiger partial charge on any atom is -0.491 e. The molecule has 1 N–H and O–H groups in total. The van der Waals surface area contributed by atoms with E-state index in [4.69, 9.17) is 10.00 Å². The summed E-state index contributed by atoms with van der Waals surface area (Å²) >= 11 is 1.38. The molecule has 0 amide bonds. The number of nitrogens with one attached hydrogen (secondary N) is 1. The summed E-state index contributed by atoms with van der Waals surface area (Å²) in [5.41, 5.74) is 0.704. The van der Waals surface area contributed by atoms with Gasteiger partial charge in [-0.15, -0.1) is 11.3 Å². The predicted octanol–water partition coefficient (Wildman–Crippen LogP) is 2.52. The number of hydrogen-bond acceptors (Lipinski definition) is 6. The summed E-state index contributed by atoms with van der Waals surface area (Å²) in [7, 11) is 1.59. The zero-order valence-electron chi connectivity index (χ0n) is 10.1. The van der Waals surface area contributed by atoms with Crippen molar-refractivity contribution in [1.82, 2.24) is 9.97 Å². The highest BCUT2D eigenvalue weighted by Gasteiger charge is 2.15. The first kappa shape index (κ1) is 12.3. The monoisotopic (exact) mass is 260 g/mol. The van der Waals surface area contributed by atoms with Crippen molar-refractivity contribution >= 4 is 17.2 Å². The van der Waals surface area contributed by atoms with Gasteiger partial charge in [0.1, 0.15) is 23.0 Å². The van der Waals surface area contributed by atoms with Crippen LogP contribution in [0, 0.1) is 11.3 Å². The second kappa shape index (κ2) is 5.47. The fourth-order valence-electron chi connectivity index (χ4n) is 1.56. The first-order valence-corrected chi connectivity index (χ1v) is 6.25. The Labute approximate surface area is 109 Å². The number of anilines is 1. The van der Waals surface area contributed by atoms with Crippen LogP contribution in [0.2, 0.25) is 0 Å². The Hall–Kier alpha value is -2.13. The lowest BCUT2D eigenvalue weighted by Crippen LogP contribution is -2.03. The topological polar surface area (TPSA) is 70.8 Å². The third-order valence-electron chi connectivity index (χ3n) is 2.30. The van der Waals surface area contributed by atoms with Crippen molar-refractivity contribution in [3.05, 3.63) is 23.3 Å². The van der Waals surface area contributed by atoms with Crippen LogP contribution in [-0.2, 0) is 0 Å². The zero-order valence-corrected chi connectivity index (χ0v) is 10.9. The van der Waals surface area contributed by atoms with Gasteiger partial charge < -0.3 is 10.1 Å². The van der Waals surface area contributed by atoms with Crippen molar-refractivity contribution in [3.63, 3.8) is 0 Å². The molecule has 2 aromatic rings. The third-order valence-corrected chi connectivity index (χ3v) is 3.30. The summed E-state index contributed by atoms with van der Waals surface area (Å²) in [6.07, 6.45) is 1.49. The fourth-order valence-corrected chi connectivity index (χ4v) is 2.36. The molecule has 0 radical (unpaired) electrons. The second-order valence-corrected chi connectivity index (χ2v) is 4.49. The lowest BCUT2D eigenvalue weighted by Gasteiger charge is -2.10. The number of nitriles is 1. The van der Waals surface area contributed by atoms with E-state index in [0.29, 0.717) is 22.1 Å². The maximum Gasteiger partial charge on any atom is 0.188 e. The molecule has 0 unspecified atom stereocenters.